The summed E-state index contributed by atoms with van der Waals surface area (Å²) in [6.45, 7) is 3.74. The van der Waals surface area contributed by atoms with Gasteiger partial charge in [-0.1, -0.05) is 29.8 Å². The minimum Gasteiger partial charge on any atom is -0.496 e. The Morgan fingerprint density at radius 2 is 1.95 bits per heavy atom. The Labute approximate surface area is 121 Å². The van der Waals surface area contributed by atoms with Crippen LogP contribution in [0.15, 0.2) is 22.7 Å². The van der Waals surface area contributed by atoms with Crippen LogP contribution in [0.25, 0.3) is 0 Å². The maximum absolute atomic E-state index is 11.8. The second-order valence-corrected chi connectivity index (χ2v) is 5.54. The van der Waals surface area contributed by atoms with Gasteiger partial charge >= 0.3 is 5.97 Å². The smallest absolute Gasteiger partial charge is 0.311 e. The third-order valence-electron chi connectivity index (χ3n) is 3.04. The molecule has 0 amide bonds. The van der Waals surface area contributed by atoms with E-state index in [-0.39, 0.29) is 5.92 Å². The molecule has 5 heteroatoms. The normalized spacial score (nSPS) is 14.1. The molecule has 0 spiro atoms. The average Bonchev–Trinajstić information content (AvgIpc) is 2.38. The molecule has 0 aromatic heterocycles. The van der Waals surface area contributed by atoms with Crippen molar-refractivity contribution in [1.29, 1.82) is 0 Å². The van der Waals surface area contributed by atoms with Crippen LogP contribution >= 0.6 is 15.9 Å². The third-order valence-corrected chi connectivity index (χ3v) is 3.54. The van der Waals surface area contributed by atoms with Crippen molar-refractivity contribution in [1.82, 2.24) is 0 Å². The van der Waals surface area contributed by atoms with E-state index in [2.05, 4.69) is 15.9 Å². The predicted octanol–water partition coefficient (Wildman–Crippen LogP) is 2.94. The van der Waals surface area contributed by atoms with E-state index in [0.717, 1.165) is 4.47 Å². The standard InChI is InChI=1S/C14H19BrO4/c1-8(2)12(14(17)19-4)13(16)10-7-9(15)5-6-11(10)18-3/h5-8,12-13,16H,1-4H3. The Bertz CT molecular complexity index is 445. The number of esters is 1. The molecule has 1 aromatic rings. The van der Waals surface area contributed by atoms with Crippen molar-refractivity contribution in [2.75, 3.05) is 14.2 Å². The van der Waals surface area contributed by atoms with Crippen LogP contribution in [-0.4, -0.2) is 25.3 Å². The Morgan fingerprint density at radius 3 is 2.42 bits per heavy atom. The van der Waals surface area contributed by atoms with Gasteiger partial charge in [-0.2, -0.15) is 0 Å². The first kappa shape index (κ1) is 16.0. The van der Waals surface area contributed by atoms with Gasteiger partial charge in [0.05, 0.1) is 26.2 Å². The van der Waals surface area contributed by atoms with Crippen molar-refractivity contribution in [2.24, 2.45) is 11.8 Å². The zero-order valence-corrected chi connectivity index (χ0v) is 13.1. The molecule has 4 nitrogen and oxygen atoms in total. The fourth-order valence-corrected chi connectivity index (χ4v) is 2.41. The van der Waals surface area contributed by atoms with Crippen molar-refractivity contribution in [3.63, 3.8) is 0 Å². The number of ether oxygens (including phenoxy) is 2. The number of hydrogen-bond acceptors (Lipinski definition) is 4. The first-order chi connectivity index (χ1) is 8.92. The maximum Gasteiger partial charge on any atom is 0.311 e. The van der Waals surface area contributed by atoms with Crippen LogP contribution in [0, 0.1) is 11.8 Å². The highest BCUT2D eigenvalue weighted by molar-refractivity contribution is 9.10. The first-order valence-corrected chi connectivity index (χ1v) is 6.81. The van der Waals surface area contributed by atoms with Crippen molar-refractivity contribution in [2.45, 2.75) is 20.0 Å². The van der Waals surface area contributed by atoms with Gasteiger partial charge in [-0.25, -0.2) is 0 Å². The topological polar surface area (TPSA) is 55.8 Å². The largest absolute Gasteiger partial charge is 0.496 e. The van der Waals surface area contributed by atoms with Crippen LogP contribution < -0.4 is 4.74 Å². The van der Waals surface area contributed by atoms with Crippen LogP contribution in [0.2, 0.25) is 0 Å². The number of hydrogen-bond donors (Lipinski definition) is 1. The second-order valence-electron chi connectivity index (χ2n) is 4.62. The minimum absolute atomic E-state index is 0.0499. The maximum atomic E-state index is 11.8. The van der Waals surface area contributed by atoms with Gasteiger partial charge in [-0.15, -0.1) is 0 Å². The lowest BCUT2D eigenvalue weighted by Gasteiger charge is -2.25. The molecule has 1 rings (SSSR count). The van der Waals surface area contributed by atoms with Gasteiger partial charge < -0.3 is 14.6 Å². The summed E-state index contributed by atoms with van der Waals surface area (Å²) in [5.74, 6) is -0.561. The summed E-state index contributed by atoms with van der Waals surface area (Å²) in [6.07, 6.45) is -0.972. The molecule has 0 saturated carbocycles. The molecule has 1 N–H and O–H groups in total. The molecular formula is C14H19BrO4. The Morgan fingerprint density at radius 1 is 1.32 bits per heavy atom. The van der Waals surface area contributed by atoms with Crippen molar-refractivity contribution >= 4 is 21.9 Å². The molecule has 0 aliphatic heterocycles. The predicted molar refractivity (Wildman–Crippen MR) is 76.0 cm³/mol. The number of methoxy groups -OCH3 is 2. The van der Waals surface area contributed by atoms with Crippen LogP contribution in [0.1, 0.15) is 25.5 Å². The molecule has 2 unspecified atom stereocenters. The van der Waals surface area contributed by atoms with Crippen molar-refractivity contribution in [3.8, 4) is 5.75 Å². The van der Waals surface area contributed by atoms with E-state index in [1.807, 2.05) is 19.9 Å². The van der Waals surface area contributed by atoms with Crippen molar-refractivity contribution < 1.29 is 19.4 Å². The fourth-order valence-electron chi connectivity index (χ4n) is 2.03. The number of rotatable bonds is 5. The van der Waals surface area contributed by atoms with E-state index in [0.29, 0.717) is 11.3 Å². The van der Waals surface area contributed by atoms with E-state index in [1.54, 1.807) is 12.1 Å². The Hall–Kier alpha value is -1.07. The Kier molecular flexibility index (Phi) is 5.82. The Balaban J connectivity index is 3.19. The molecular weight excluding hydrogens is 312 g/mol. The monoisotopic (exact) mass is 330 g/mol. The molecule has 0 heterocycles. The van der Waals surface area contributed by atoms with Crippen LogP contribution in [0.4, 0.5) is 0 Å². The van der Waals surface area contributed by atoms with Crippen molar-refractivity contribution in [3.05, 3.63) is 28.2 Å². The number of aliphatic hydroxyl groups is 1. The minimum atomic E-state index is -0.972. The van der Waals surface area contributed by atoms with E-state index in [4.69, 9.17) is 9.47 Å². The van der Waals surface area contributed by atoms with Crippen LogP contribution in [0.3, 0.4) is 0 Å². The zero-order chi connectivity index (χ0) is 14.6. The number of aliphatic hydroxyl groups excluding tert-OH is 1. The van der Waals surface area contributed by atoms with Gasteiger partial charge in [-0.3, -0.25) is 4.79 Å². The third kappa shape index (κ3) is 3.70. The fraction of sp³-hybridized carbons (Fsp3) is 0.500. The summed E-state index contributed by atoms with van der Waals surface area (Å²) in [7, 11) is 2.85. The number of benzene rings is 1. The quantitative estimate of drug-likeness (QED) is 0.843. The van der Waals surface area contributed by atoms with Gasteiger partial charge in [0.2, 0.25) is 0 Å². The lowest BCUT2D eigenvalue weighted by Crippen LogP contribution is -2.28. The highest BCUT2D eigenvalue weighted by Crippen LogP contribution is 2.36. The second kappa shape index (κ2) is 6.91. The zero-order valence-electron chi connectivity index (χ0n) is 11.5. The summed E-state index contributed by atoms with van der Waals surface area (Å²) >= 11 is 3.35. The molecule has 0 saturated heterocycles. The highest BCUT2D eigenvalue weighted by atomic mass is 79.9. The van der Waals surface area contributed by atoms with E-state index in [9.17, 15) is 9.90 Å². The number of halogens is 1. The number of carbonyl (C=O) groups excluding carboxylic acids is 1. The van der Waals surface area contributed by atoms with E-state index >= 15 is 0 Å². The lowest BCUT2D eigenvalue weighted by atomic mass is 9.86. The molecule has 2 atom stereocenters. The molecule has 106 valence electrons. The molecule has 0 bridgehead atoms. The first-order valence-electron chi connectivity index (χ1n) is 6.01. The SMILES string of the molecule is COC(=O)C(C(C)C)C(O)c1cc(Br)ccc1OC. The molecule has 0 radical (unpaired) electrons. The van der Waals surface area contributed by atoms with Gasteiger partial charge in [0, 0.05) is 10.0 Å². The molecule has 0 aliphatic rings. The lowest BCUT2D eigenvalue weighted by molar-refractivity contribution is -0.152. The molecule has 19 heavy (non-hydrogen) atoms. The van der Waals surface area contributed by atoms with Gasteiger partial charge in [0.15, 0.2) is 0 Å². The van der Waals surface area contributed by atoms with Gasteiger partial charge in [0.1, 0.15) is 5.75 Å². The highest BCUT2D eigenvalue weighted by Gasteiger charge is 2.33. The van der Waals surface area contributed by atoms with E-state index < -0.39 is 18.0 Å². The summed E-state index contributed by atoms with van der Waals surface area (Å²) in [4.78, 5) is 11.8. The van der Waals surface area contributed by atoms with E-state index in [1.165, 1.54) is 14.2 Å². The summed E-state index contributed by atoms with van der Waals surface area (Å²) in [5, 5.41) is 10.5. The van der Waals surface area contributed by atoms with Gasteiger partial charge in [-0.05, 0) is 24.1 Å². The van der Waals surface area contributed by atoms with Crippen LogP contribution in [-0.2, 0) is 9.53 Å². The number of carbonyl (C=O) groups is 1. The molecule has 0 fully saturated rings. The summed E-state index contributed by atoms with van der Waals surface area (Å²) in [5.41, 5.74) is 0.570. The van der Waals surface area contributed by atoms with Crippen LogP contribution in [0.5, 0.6) is 5.75 Å². The van der Waals surface area contributed by atoms with Gasteiger partial charge in [0.25, 0.3) is 0 Å². The summed E-state index contributed by atoms with van der Waals surface area (Å²) in [6, 6.07) is 5.32. The molecule has 0 aliphatic carbocycles. The molecule has 1 aromatic carbocycles. The average molecular weight is 331 g/mol. The summed E-state index contributed by atoms with van der Waals surface area (Å²) < 4.78 is 10.8.